The molecule has 0 unspecified atom stereocenters. The molecule has 0 aromatic carbocycles. The van der Waals surface area contributed by atoms with E-state index in [-0.39, 0.29) is 30.5 Å². The van der Waals surface area contributed by atoms with Crippen LogP contribution in [0.5, 0.6) is 0 Å². The number of carbonyl (C=O) groups is 1. The van der Waals surface area contributed by atoms with E-state index in [9.17, 15) is 13.6 Å². The molecule has 0 amide bonds. The van der Waals surface area contributed by atoms with Crippen molar-refractivity contribution in [1.82, 2.24) is 9.97 Å². The molecule has 26 heavy (non-hydrogen) atoms. The van der Waals surface area contributed by atoms with Crippen LogP contribution in [0, 0.1) is 17.8 Å². The maximum Gasteiger partial charge on any atom is 0.303 e. The van der Waals surface area contributed by atoms with E-state index in [4.69, 9.17) is 10.1 Å². The molecule has 140 valence electrons. The number of aliphatic carboxylic acids is 1. The fourth-order valence-corrected chi connectivity index (χ4v) is 4.92. The van der Waals surface area contributed by atoms with Crippen LogP contribution in [-0.4, -0.2) is 46.7 Å². The minimum Gasteiger partial charge on any atom is -0.481 e. The van der Waals surface area contributed by atoms with Gasteiger partial charge in [0, 0.05) is 44.1 Å². The first kappa shape index (κ1) is 16.2. The molecule has 1 saturated carbocycles. The number of piperidine rings is 1. The molecule has 2 aliphatic heterocycles. The second-order valence-electron chi connectivity index (χ2n) is 8.20. The van der Waals surface area contributed by atoms with Gasteiger partial charge in [0.2, 0.25) is 5.95 Å². The van der Waals surface area contributed by atoms with E-state index in [0.717, 1.165) is 13.0 Å². The van der Waals surface area contributed by atoms with Crippen LogP contribution >= 0.6 is 0 Å². The number of halogens is 2. The third-order valence-corrected chi connectivity index (χ3v) is 6.67. The van der Waals surface area contributed by atoms with E-state index in [1.807, 2.05) is 4.90 Å². The molecule has 4 aliphatic rings. The number of aromatic nitrogens is 2. The molecule has 3 heterocycles. The number of anilines is 2. The van der Waals surface area contributed by atoms with Gasteiger partial charge in [0.1, 0.15) is 11.5 Å². The third-order valence-electron chi connectivity index (χ3n) is 6.67. The minimum atomic E-state index is -2.88. The number of nitrogens with zero attached hydrogens (tertiary/aromatic N) is 4. The Bertz CT molecular complexity index is 775. The summed E-state index contributed by atoms with van der Waals surface area (Å²) in [5.41, 5.74) is 0.488. The molecule has 0 radical (unpaired) electrons. The smallest absolute Gasteiger partial charge is 0.303 e. The number of fused-ring (bicyclic) bond motifs is 2. The van der Waals surface area contributed by atoms with Gasteiger partial charge in [-0.2, -0.15) is 13.8 Å². The number of carboxylic acid groups (broad SMARTS) is 1. The lowest BCUT2D eigenvalue weighted by Crippen LogP contribution is -2.47. The highest BCUT2D eigenvalue weighted by atomic mass is 19.3. The lowest BCUT2D eigenvalue weighted by Gasteiger charge is -2.39. The van der Waals surface area contributed by atoms with Crippen molar-refractivity contribution in [2.75, 3.05) is 29.4 Å². The number of hydrogen-bond donors (Lipinski definition) is 1. The van der Waals surface area contributed by atoms with Crippen LogP contribution in [-0.2, 0) is 17.1 Å². The van der Waals surface area contributed by atoms with E-state index in [1.54, 1.807) is 0 Å². The number of carboxylic acids is 1. The Kier molecular flexibility index (Phi) is 3.28. The predicted molar refractivity (Wildman–Crippen MR) is 90.6 cm³/mol. The molecule has 1 N–H and O–H groups in total. The van der Waals surface area contributed by atoms with Crippen LogP contribution in [0.25, 0.3) is 0 Å². The van der Waals surface area contributed by atoms with Gasteiger partial charge < -0.3 is 14.9 Å². The van der Waals surface area contributed by atoms with E-state index >= 15 is 0 Å². The summed E-state index contributed by atoms with van der Waals surface area (Å²) in [7, 11) is 0. The summed E-state index contributed by atoms with van der Waals surface area (Å²) in [4.78, 5) is 24.0. The van der Waals surface area contributed by atoms with Gasteiger partial charge in [0.15, 0.2) is 0 Å². The van der Waals surface area contributed by atoms with Crippen LogP contribution in [0.15, 0.2) is 0 Å². The average Bonchev–Trinajstić information content (AvgIpc) is 2.93. The molecule has 0 bridgehead atoms. The van der Waals surface area contributed by atoms with Crippen molar-refractivity contribution in [3.05, 3.63) is 11.3 Å². The van der Waals surface area contributed by atoms with Crippen LogP contribution in [0.2, 0.25) is 0 Å². The van der Waals surface area contributed by atoms with Crippen LogP contribution < -0.4 is 9.80 Å². The summed E-state index contributed by atoms with van der Waals surface area (Å²) in [5.74, 6) is -1.63. The monoisotopic (exact) mass is 364 g/mol. The highest BCUT2D eigenvalue weighted by Crippen LogP contribution is 2.55. The van der Waals surface area contributed by atoms with Gasteiger partial charge in [0.25, 0.3) is 5.92 Å². The predicted octanol–water partition coefficient (Wildman–Crippen LogP) is 2.27. The van der Waals surface area contributed by atoms with Gasteiger partial charge in [-0.15, -0.1) is 0 Å². The van der Waals surface area contributed by atoms with Crippen molar-refractivity contribution in [1.29, 1.82) is 0 Å². The quantitative estimate of drug-likeness (QED) is 0.884. The Labute approximate surface area is 150 Å². The molecule has 2 aliphatic carbocycles. The molecule has 1 aromatic rings. The van der Waals surface area contributed by atoms with Crippen LogP contribution in [0.3, 0.4) is 0 Å². The van der Waals surface area contributed by atoms with E-state index in [1.165, 1.54) is 0 Å². The Morgan fingerprint density at radius 1 is 1.31 bits per heavy atom. The molecule has 4 atom stereocenters. The molecule has 2 saturated heterocycles. The molecular weight excluding hydrogens is 342 g/mol. The maximum absolute atomic E-state index is 14.4. The van der Waals surface area contributed by atoms with Crippen LogP contribution in [0.4, 0.5) is 20.5 Å². The fraction of sp³-hybridized carbons (Fsp3) is 0.722. The molecule has 3 fully saturated rings. The van der Waals surface area contributed by atoms with Crippen molar-refractivity contribution in [2.45, 2.75) is 44.6 Å². The molecule has 5 rings (SSSR count). The summed E-state index contributed by atoms with van der Waals surface area (Å²) in [5, 5.41) is 8.98. The SMILES string of the molecule is C[C@H]1CCN1c1nc(N2C[C@@H]3[C@H](CC(=O)O)[C@@H]3C2)c2c(n1)C(F)(F)CC2. The molecule has 0 spiro atoms. The lowest BCUT2D eigenvalue weighted by molar-refractivity contribution is -0.137. The summed E-state index contributed by atoms with van der Waals surface area (Å²) < 4.78 is 28.7. The third kappa shape index (κ3) is 2.30. The molecule has 6 nitrogen and oxygen atoms in total. The zero-order valence-corrected chi connectivity index (χ0v) is 14.7. The normalized spacial score (nSPS) is 33.7. The largest absolute Gasteiger partial charge is 0.481 e. The maximum atomic E-state index is 14.4. The molecular formula is C18H22F2N4O2. The van der Waals surface area contributed by atoms with Crippen molar-refractivity contribution in [3.8, 4) is 0 Å². The van der Waals surface area contributed by atoms with E-state index in [0.29, 0.717) is 48.7 Å². The highest BCUT2D eigenvalue weighted by Gasteiger charge is 2.57. The van der Waals surface area contributed by atoms with Gasteiger partial charge in [0.05, 0.1) is 0 Å². The summed E-state index contributed by atoms with van der Waals surface area (Å²) >= 11 is 0. The average molecular weight is 364 g/mol. The van der Waals surface area contributed by atoms with Gasteiger partial charge in [-0.25, -0.2) is 4.98 Å². The van der Waals surface area contributed by atoms with Gasteiger partial charge in [-0.05, 0) is 37.5 Å². The Morgan fingerprint density at radius 2 is 2.04 bits per heavy atom. The van der Waals surface area contributed by atoms with Gasteiger partial charge in [-0.3, -0.25) is 4.79 Å². The zero-order chi connectivity index (χ0) is 18.2. The van der Waals surface area contributed by atoms with E-state index < -0.39 is 11.9 Å². The van der Waals surface area contributed by atoms with Gasteiger partial charge in [-0.1, -0.05) is 0 Å². The highest BCUT2D eigenvalue weighted by molar-refractivity contribution is 5.68. The van der Waals surface area contributed by atoms with Crippen molar-refractivity contribution in [3.63, 3.8) is 0 Å². The summed E-state index contributed by atoms with van der Waals surface area (Å²) in [6.07, 6.45) is 1.33. The second-order valence-corrected chi connectivity index (χ2v) is 8.20. The molecule has 8 heteroatoms. The number of hydrogen-bond acceptors (Lipinski definition) is 5. The number of alkyl halides is 2. The Morgan fingerprint density at radius 3 is 2.62 bits per heavy atom. The topological polar surface area (TPSA) is 69.6 Å². The number of rotatable bonds is 4. The van der Waals surface area contributed by atoms with Crippen molar-refractivity contribution >= 4 is 17.7 Å². The lowest BCUT2D eigenvalue weighted by atomic mass is 10.1. The Balaban J connectivity index is 1.45. The first-order valence-electron chi connectivity index (χ1n) is 9.38. The first-order valence-corrected chi connectivity index (χ1v) is 9.38. The van der Waals surface area contributed by atoms with Crippen molar-refractivity contribution < 1.29 is 18.7 Å². The van der Waals surface area contributed by atoms with Crippen LogP contribution in [0.1, 0.15) is 37.4 Å². The van der Waals surface area contributed by atoms with E-state index in [2.05, 4.69) is 16.8 Å². The summed E-state index contributed by atoms with van der Waals surface area (Å²) in [6.45, 7) is 4.29. The standard InChI is InChI=1S/C18H22F2N4O2/c1-9-3-5-24(9)17-21-15-10(2-4-18(15,19)20)16(22-17)23-7-12-11(6-14(25)26)13(12)8-23/h9,11-13H,2-8H2,1H3,(H,25,26)/t9-,11-,12+,13-/m0/s1. The second kappa shape index (κ2) is 5.27. The Hall–Kier alpha value is -1.99. The van der Waals surface area contributed by atoms with Crippen molar-refractivity contribution in [2.24, 2.45) is 17.8 Å². The summed E-state index contributed by atoms with van der Waals surface area (Å²) in [6, 6.07) is 0.280. The van der Waals surface area contributed by atoms with Gasteiger partial charge >= 0.3 is 5.97 Å². The minimum absolute atomic E-state index is 0.0979. The zero-order valence-electron chi connectivity index (χ0n) is 14.7. The first-order chi connectivity index (χ1) is 12.3. The molecule has 1 aromatic heterocycles. The fourth-order valence-electron chi connectivity index (χ4n) is 4.92.